The fourth-order valence-corrected chi connectivity index (χ4v) is 2.37. The van der Waals surface area contributed by atoms with E-state index in [1.54, 1.807) is 13.2 Å². The molecule has 1 aliphatic heterocycles. The summed E-state index contributed by atoms with van der Waals surface area (Å²) in [6.07, 6.45) is 2.50. The van der Waals surface area contributed by atoms with Crippen LogP contribution in [0.3, 0.4) is 0 Å². The van der Waals surface area contributed by atoms with Crippen molar-refractivity contribution in [3.05, 3.63) is 22.7 Å². The van der Waals surface area contributed by atoms with Crippen LogP contribution in [0.4, 0.5) is 5.69 Å². The van der Waals surface area contributed by atoms with Gasteiger partial charge in [0.15, 0.2) is 0 Å². The first kappa shape index (κ1) is 13.4. The smallest absolute Gasteiger partial charge is 0.226 e. The van der Waals surface area contributed by atoms with Crippen molar-refractivity contribution in [1.29, 1.82) is 0 Å². The van der Waals surface area contributed by atoms with E-state index in [1.165, 1.54) is 0 Å². The summed E-state index contributed by atoms with van der Waals surface area (Å²) in [5.41, 5.74) is 0.734. The largest absolute Gasteiger partial charge is 0.495 e. The molecule has 1 heterocycles. The SMILES string of the molecule is COc1cc(NC(=O)C[C@H]2CCCO2)ccc1Br. The lowest BCUT2D eigenvalue weighted by Gasteiger charge is -2.11. The zero-order chi connectivity index (χ0) is 13.0. The second kappa shape index (κ2) is 6.20. The summed E-state index contributed by atoms with van der Waals surface area (Å²) < 4.78 is 11.5. The van der Waals surface area contributed by atoms with E-state index in [1.807, 2.05) is 12.1 Å². The monoisotopic (exact) mass is 313 g/mol. The lowest BCUT2D eigenvalue weighted by Crippen LogP contribution is -2.19. The second-order valence-corrected chi connectivity index (χ2v) is 5.09. The van der Waals surface area contributed by atoms with Gasteiger partial charge in [-0.3, -0.25) is 4.79 Å². The molecule has 98 valence electrons. The number of carbonyl (C=O) groups excluding carboxylic acids is 1. The van der Waals surface area contributed by atoms with Crippen molar-refractivity contribution in [3.8, 4) is 5.75 Å². The number of hydrogen-bond donors (Lipinski definition) is 1. The third-order valence-electron chi connectivity index (χ3n) is 2.87. The lowest BCUT2D eigenvalue weighted by atomic mass is 10.2. The third-order valence-corrected chi connectivity index (χ3v) is 3.53. The molecular weight excluding hydrogens is 298 g/mol. The van der Waals surface area contributed by atoms with Crippen LogP contribution in [0.1, 0.15) is 19.3 Å². The molecule has 0 aliphatic carbocycles. The van der Waals surface area contributed by atoms with Gasteiger partial charge in [-0.25, -0.2) is 0 Å². The Kier molecular flexibility index (Phi) is 4.60. The molecule has 18 heavy (non-hydrogen) atoms. The van der Waals surface area contributed by atoms with Crippen LogP contribution in [-0.2, 0) is 9.53 Å². The van der Waals surface area contributed by atoms with Gasteiger partial charge in [0, 0.05) is 18.4 Å². The fraction of sp³-hybridized carbons (Fsp3) is 0.462. The van der Waals surface area contributed by atoms with Crippen molar-refractivity contribution in [2.45, 2.75) is 25.4 Å². The molecule has 1 aromatic rings. The number of amides is 1. The van der Waals surface area contributed by atoms with E-state index in [-0.39, 0.29) is 12.0 Å². The Morgan fingerprint density at radius 2 is 2.44 bits per heavy atom. The minimum absolute atomic E-state index is 0.0220. The Hall–Kier alpha value is -1.07. The molecule has 1 saturated heterocycles. The average molecular weight is 314 g/mol. The number of benzene rings is 1. The van der Waals surface area contributed by atoms with Crippen LogP contribution in [-0.4, -0.2) is 25.7 Å². The molecule has 1 amide bonds. The Labute approximate surface area is 115 Å². The van der Waals surface area contributed by atoms with Gasteiger partial charge in [-0.2, -0.15) is 0 Å². The van der Waals surface area contributed by atoms with Gasteiger partial charge in [0.05, 0.1) is 24.1 Å². The highest BCUT2D eigenvalue weighted by Crippen LogP contribution is 2.28. The summed E-state index contributed by atoms with van der Waals surface area (Å²) in [5.74, 6) is 0.677. The molecule has 1 atom stereocenters. The first-order valence-corrected chi connectivity index (χ1v) is 6.73. The van der Waals surface area contributed by atoms with E-state index in [4.69, 9.17) is 9.47 Å². The standard InChI is InChI=1S/C13H16BrNO3/c1-17-12-7-9(4-5-11(12)14)15-13(16)8-10-3-2-6-18-10/h4-5,7,10H,2-3,6,8H2,1H3,(H,15,16)/t10-/m1/s1. The zero-order valence-electron chi connectivity index (χ0n) is 10.2. The minimum atomic E-state index is -0.0220. The van der Waals surface area contributed by atoms with Crippen LogP contribution >= 0.6 is 15.9 Å². The average Bonchev–Trinajstić information content (AvgIpc) is 2.84. The minimum Gasteiger partial charge on any atom is -0.495 e. The van der Waals surface area contributed by atoms with Gasteiger partial charge in [0.25, 0.3) is 0 Å². The van der Waals surface area contributed by atoms with Crippen molar-refractivity contribution in [2.24, 2.45) is 0 Å². The highest BCUT2D eigenvalue weighted by Gasteiger charge is 2.19. The van der Waals surface area contributed by atoms with Gasteiger partial charge < -0.3 is 14.8 Å². The summed E-state index contributed by atoms with van der Waals surface area (Å²) in [5, 5.41) is 2.85. The van der Waals surface area contributed by atoms with Gasteiger partial charge in [-0.15, -0.1) is 0 Å². The summed E-state index contributed by atoms with van der Waals surface area (Å²) in [6, 6.07) is 5.47. The van der Waals surface area contributed by atoms with E-state index in [9.17, 15) is 4.79 Å². The Balaban J connectivity index is 1.93. The first-order valence-electron chi connectivity index (χ1n) is 5.94. The summed E-state index contributed by atoms with van der Waals surface area (Å²) in [6.45, 7) is 0.768. The van der Waals surface area contributed by atoms with E-state index in [2.05, 4.69) is 21.2 Å². The molecular formula is C13H16BrNO3. The lowest BCUT2D eigenvalue weighted by molar-refractivity contribution is -0.118. The molecule has 0 radical (unpaired) electrons. The highest BCUT2D eigenvalue weighted by atomic mass is 79.9. The topological polar surface area (TPSA) is 47.6 Å². The summed E-state index contributed by atoms with van der Waals surface area (Å²) in [7, 11) is 1.60. The zero-order valence-corrected chi connectivity index (χ0v) is 11.8. The molecule has 0 spiro atoms. The maximum Gasteiger partial charge on any atom is 0.226 e. The van der Waals surface area contributed by atoms with Crippen LogP contribution in [0.5, 0.6) is 5.75 Å². The molecule has 1 N–H and O–H groups in total. The Morgan fingerprint density at radius 1 is 1.61 bits per heavy atom. The van der Waals surface area contributed by atoms with Crippen LogP contribution in [0.2, 0.25) is 0 Å². The number of methoxy groups -OCH3 is 1. The van der Waals surface area contributed by atoms with E-state index < -0.39 is 0 Å². The van der Waals surface area contributed by atoms with Gasteiger partial charge in [-0.1, -0.05) is 0 Å². The Bertz CT molecular complexity index is 430. The highest BCUT2D eigenvalue weighted by molar-refractivity contribution is 9.10. The first-order chi connectivity index (χ1) is 8.69. The number of nitrogens with one attached hydrogen (secondary N) is 1. The maximum atomic E-state index is 11.8. The molecule has 1 aliphatic rings. The third kappa shape index (κ3) is 3.46. The predicted molar refractivity (Wildman–Crippen MR) is 72.9 cm³/mol. The van der Waals surface area contributed by atoms with E-state index in [0.29, 0.717) is 12.2 Å². The number of hydrogen-bond acceptors (Lipinski definition) is 3. The summed E-state index contributed by atoms with van der Waals surface area (Å²) in [4.78, 5) is 11.8. The molecule has 2 rings (SSSR count). The van der Waals surface area contributed by atoms with Gasteiger partial charge in [0.2, 0.25) is 5.91 Å². The van der Waals surface area contributed by atoms with Crippen LogP contribution in [0, 0.1) is 0 Å². The fourth-order valence-electron chi connectivity index (χ4n) is 1.96. The summed E-state index contributed by atoms with van der Waals surface area (Å²) >= 11 is 3.37. The van der Waals surface area contributed by atoms with E-state index >= 15 is 0 Å². The second-order valence-electron chi connectivity index (χ2n) is 4.24. The van der Waals surface area contributed by atoms with Crippen LogP contribution in [0.25, 0.3) is 0 Å². The van der Waals surface area contributed by atoms with Gasteiger partial charge in [-0.05, 0) is 40.9 Å². The number of ether oxygens (including phenoxy) is 2. The van der Waals surface area contributed by atoms with Crippen molar-refractivity contribution in [2.75, 3.05) is 19.0 Å². The number of halogens is 1. The van der Waals surface area contributed by atoms with Gasteiger partial charge >= 0.3 is 0 Å². The van der Waals surface area contributed by atoms with Crippen molar-refractivity contribution < 1.29 is 14.3 Å². The van der Waals surface area contributed by atoms with Crippen LogP contribution < -0.4 is 10.1 Å². The quantitative estimate of drug-likeness (QED) is 0.929. The molecule has 4 nitrogen and oxygen atoms in total. The van der Waals surface area contributed by atoms with Crippen molar-refractivity contribution in [1.82, 2.24) is 0 Å². The molecule has 1 fully saturated rings. The maximum absolute atomic E-state index is 11.8. The number of rotatable bonds is 4. The molecule has 0 bridgehead atoms. The van der Waals surface area contributed by atoms with E-state index in [0.717, 1.165) is 29.6 Å². The normalized spacial score (nSPS) is 18.7. The predicted octanol–water partition coefficient (Wildman–Crippen LogP) is 2.97. The molecule has 0 saturated carbocycles. The molecule has 0 unspecified atom stereocenters. The number of carbonyl (C=O) groups is 1. The molecule has 5 heteroatoms. The van der Waals surface area contributed by atoms with Gasteiger partial charge in [0.1, 0.15) is 5.75 Å². The number of anilines is 1. The molecule has 1 aromatic carbocycles. The molecule has 0 aromatic heterocycles. The Morgan fingerprint density at radius 3 is 3.11 bits per heavy atom. The van der Waals surface area contributed by atoms with Crippen molar-refractivity contribution >= 4 is 27.5 Å². The van der Waals surface area contributed by atoms with Crippen molar-refractivity contribution in [3.63, 3.8) is 0 Å². The van der Waals surface area contributed by atoms with Crippen LogP contribution in [0.15, 0.2) is 22.7 Å².